The molecule has 0 saturated heterocycles. The number of hydrogen-bond acceptors (Lipinski definition) is 4. The lowest BCUT2D eigenvalue weighted by Crippen LogP contribution is -2.41. The van der Waals surface area contributed by atoms with E-state index in [1.54, 1.807) is 12.1 Å². The maximum Gasteiger partial charge on any atom is 0.253 e. The van der Waals surface area contributed by atoms with Gasteiger partial charge in [0.2, 0.25) is 0 Å². The molecule has 3 N–H and O–H groups in total. The third kappa shape index (κ3) is 3.56. The predicted octanol–water partition coefficient (Wildman–Crippen LogP) is 2.45. The van der Waals surface area contributed by atoms with Crippen molar-refractivity contribution in [2.24, 2.45) is 5.41 Å². The van der Waals surface area contributed by atoms with E-state index >= 15 is 0 Å². The van der Waals surface area contributed by atoms with Crippen LogP contribution in [0.2, 0.25) is 0 Å². The van der Waals surface area contributed by atoms with Crippen molar-refractivity contribution in [2.45, 2.75) is 33.7 Å². The summed E-state index contributed by atoms with van der Waals surface area (Å²) in [6.45, 7) is 8.16. The highest BCUT2D eigenvalue weighted by Gasteiger charge is 2.23. The third-order valence-corrected chi connectivity index (χ3v) is 3.45. The molecule has 0 spiro atoms. The number of hydrogen-bond donors (Lipinski definition) is 2. The van der Waals surface area contributed by atoms with E-state index in [-0.39, 0.29) is 17.4 Å². The van der Waals surface area contributed by atoms with E-state index in [0.717, 1.165) is 0 Å². The minimum absolute atomic E-state index is 0.0162. The van der Waals surface area contributed by atoms with E-state index in [9.17, 15) is 4.79 Å². The number of anilines is 1. The molecule has 112 valence electrons. The quantitative estimate of drug-likeness (QED) is 0.831. The monoisotopic (exact) mass is 280 g/mol. The van der Waals surface area contributed by atoms with E-state index in [2.05, 4.69) is 26.1 Å². The average Bonchev–Trinajstić information content (AvgIpc) is 2.36. The van der Waals surface area contributed by atoms with Crippen molar-refractivity contribution in [1.29, 1.82) is 0 Å². The second kappa shape index (κ2) is 6.03. The van der Waals surface area contributed by atoms with Crippen LogP contribution in [-0.4, -0.2) is 26.2 Å². The number of ether oxygens (including phenoxy) is 2. The summed E-state index contributed by atoms with van der Waals surface area (Å²) in [6, 6.07) is 3.21. The van der Waals surface area contributed by atoms with Crippen LogP contribution in [0.3, 0.4) is 0 Å². The van der Waals surface area contributed by atoms with Crippen molar-refractivity contribution in [3.05, 3.63) is 17.7 Å². The van der Waals surface area contributed by atoms with Gasteiger partial charge in [0.1, 0.15) is 0 Å². The molecular formula is C15H24N2O3. The third-order valence-electron chi connectivity index (χ3n) is 3.45. The van der Waals surface area contributed by atoms with Gasteiger partial charge in [-0.3, -0.25) is 4.79 Å². The van der Waals surface area contributed by atoms with Gasteiger partial charge < -0.3 is 20.5 Å². The highest BCUT2D eigenvalue weighted by atomic mass is 16.5. The van der Waals surface area contributed by atoms with Crippen molar-refractivity contribution in [3.8, 4) is 11.5 Å². The molecule has 0 heterocycles. The Labute approximate surface area is 120 Å². The van der Waals surface area contributed by atoms with Crippen LogP contribution in [0.1, 0.15) is 38.1 Å². The number of amides is 1. The number of carbonyl (C=O) groups is 1. The molecule has 1 unspecified atom stereocenters. The largest absolute Gasteiger partial charge is 0.493 e. The van der Waals surface area contributed by atoms with E-state index < -0.39 is 0 Å². The number of benzene rings is 1. The van der Waals surface area contributed by atoms with Crippen LogP contribution in [0.5, 0.6) is 11.5 Å². The van der Waals surface area contributed by atoms with Gasteiger partial charge in [0.25, 0.3) is 5.91 Å². The van der Waals surface area contributed by atoms with Gasteiger partial charge in [-0.2, -0.15) is 0 Å². The molecule has 0 radical (unpaired) electrons. The second-order valence-corrected chi connectivity index (χ2v) is 5.86. The maximum atomic E-state index is 12.3. The van der Waals surface area contributed by atoms with Gasteiger partial charge in [0.05, 0.1) is 19.8 Å². The summed E-state index contributed by atoms with van der Waals surface area (Å²) < 4.78 is 10.3. The summed E-state index contributed by atoms with van der Waals surface area (Å²) in [5.74, 6) is 0.770. The average molecular weight is 280 g/mol. The molecule has 0 aromatic heterocycles. The Morgan fingerprint density at radius 2 is 1.70 bits per heavy atom. The molecule has 1 atom stereocenters. The van der Waals surface area contributed by atoms with Crippen LogP contribution in [0.15, 0.2) is 12.1 Å². The van der Waals surface area contributed by atoms with Gasteiger partial charge in [-0.05, 0) is 18.4 Å². The first-order valence-corrected chi connectivity index (χ1v) is 6.53. The van der Waals surface area contributed by atoms with Crippen LogP contribution in [0.4, 0.5) is 5.69 Å². The maximum absolute atomic E-state index is 12.3. The van der Waals surface area contributed by atoms with Crippen molar-refractivity contribution < 1.29 is 14.3 Å². The van der Waals surface area contributed by atoms with Crippen LogP contribution in [-0.2, 0) is 0 Å². The van der Waals surface area contributed by atoms with Crippen molar-refractivity contribution >= 4 is 11.6 Å². The second-order valence-electron chi connectivity index (χ2n) is 5.86. The Morgan fingerprint density at radius 1 is 1.20 bits per heavy atom. The molecule has 0 aliphatic rings. The van der Waals surface area contributed by atoms with Crippen molar-refractivity contribution in [3.63, 3.8) is 0 Å². The highest BCUT2D eigenvalue weighted by Crippen LogP contribution is 2.32. The smallest absolute Gasteiger partial charge is 0.253 e. The Morgan fingerprint density at radius 3 is 2.15 bits per heavy atom. The number of nitrogens with one attached hydrogen (secondary N) is 1. The van der Waals surface area contributed by atoms with Gasteiger partial charge in [-0.25, -0.2) is 0 Å². The summed E-state index contributed by atoms with van der Waals surface area (Å²) >= 11 is 0. The topological polar surface area (TPSA) is 73.6 Å². The minimum Gasteiger partial charge on any atom is -0.493 e. The fourth-order valence-corrected chi connectivity index (χ4v) is 1.58. The number of methoxy groups -OCH3 is 2. The standard InChI is InChI=1S/C15H24N2O3/c1-9(15(2,3)4)17-14(18)10-7-12(19-5)13(20-6)8-11(10)16/h7-9H,16H2,1-6H3,(H,17,18). The molecule has 20 heavy (non-hydrogen) atoms. The first kappa shape index (κ1) is 16.1. The molecule has 1 aromatic rings. The molecule has 0 fully saturated rings. The Kier molecular flexibility index (Phi) is 4.87. The van der Waals surface area contributed by atoms with Gasteiger partial charge in [0, 0.05) is 17.8 Å². The highest BCUT2D eigenvalue weighted by molar-refractivity contribution is 6.00. The first-order valence-electron chi connectivity index (χ1n) is 6.53. The zero-order chi connectivity index (χ0) is 15.5. The first-order chi connectivity index (χ1) is 9.20. The fourth-order valence-electron chi connectivity index (χ4n) is 1.58. The molecule has 0 aliphatic carbocycles. The Bertz CT molecular complexity index is 493. The van der Waals surface area contributed by atoms with Crippen LogP contribution < -0.4 is 20.5 Å². The molecule has 0 aliphatic heterocycles. The lowest BCUT2D eigenvalue weighted by atomic mass is 9.88. The lowest BCUT2D eigenvalue weighted by molar-refractivity contribution is 0.0910. The Hall–Kier alpha value is -1.91. The molecule has 1 rings (SSSR count). The molecule has 5 heteroatoms. The molecule has 0 bridgehead atoms. The van der Waals surface area contributed by atoms with Gasteiger partial charge >= 0.3 is 0 Å². The molecule has 1 aromatic carbocycles. The lowest BCUT2D eigenvalue weighted by Gasteiger charge is -2.28. The summed E-state index contributed by atoms with van der Waals surface area (Å²) in [5.41, 5.74) is 6.63. The number of nitrogen functional groups attached to an aromatic ring is 1. The predicted molar refractivity (Wildman–Crippen MR) is 80.3 cm³/mol. The zero-order valence-electron chi connectivity index (χ0n) is 13.0. The van der Waals surface area contributed by atoms with Gasteiger partial charge in [-0.1, -0.05) is 20.8 Å². The normalized spacial score (nSPS) is 12.7. The molecular weight excluding hydrogens is 256 g/mol. The number of nitrogens with two attached hydrogens (primary N) is 1. The molecule has 1 amide bonds. The summed E-state index contributed by atoms with van der Waals surface area (Å²) in [7, 11) is 3.05. The van der Waals surface area contributed by atoms with Crippen LogP contribution >= 0.6 is 0 Å². The van der Waals surface area contributed by atoms with Crippen molar-refractivity contribution in [2.75, 3.05) is 20.0 Å². The van der Waals surface area contributed by atoms with E-state index in [1.165, 1.54) is 14.2 Å². The summed E-state index contributed by atoms with van der Waals surface area (Å²) in [6.07, 6.45) is 0. The van der Waals surface area contributed by atoms with Crippen LogP contribution in [0, 0.1) is 5.41 Å². The Balaban J connectivity index is 3.05. The summed E-state index contributed by atoms with van der Waals surface area (Å²) in [5, 5.41) is 2.95. The zero-order valence-corrected chi connectivity index (χ0v) is 13.0. The minimum atomic E-state index is -0.217. The van der Waals surface area contributed by atoms with Gasteiger partial charge in [0.15, 0.2) is 11.5 Å². The molecule has 0 saturated carbocycles. The van der Waals surface area contributed by atoms with E-state index in [0.29, 0.717) is 22.7 Å². The number of rotatable bonds is 4. The van der Waals surface area contributed by atoms with Crippen LogP contribution in [0.25, 0.3) is 0 Å². The molecule has 5 nitrogen and oxygen atoms in total. The van der Waals surface area contributed by atoms with E-state index in [1.807, 2.05) is 6.92 Å². The van der Waals surface area contributed by atoms with Gasteiger partial charge in [-0.15, -0.1) is 0 Å². The number of carbonyl (C=O) groups excluding carboxylic acids is 1. The van der Waals surface area contributed by atoms with E-state index in [4.69, 9.17) is 15.2 Å². The fraction of sp³-hybridized carbons (Fsp3) is 0.533. The SMILES string of the molecule is COc1cc(N)c(C(=O)NC(C)C(C)(C)C)cc1OC. The summed E-state index contributed by atoms with van der Waals surface area (Å²) in [4.78, 5) is 12.3. The van der Waals surface area contributed by atoms with Crippen molar-refractivity contribution in [1.82, 2.24) is 5.32 Å².